The molecule has 0 saturated heterocycles. The SMILES string of the molecule is CC/C=C\C/C=C\C/C=C\C/C=C\C/C=C\C/C=C\C/C=C\C/C=C\CCCCCCCCCCCCCCC(=O)OC(COC(=O)CCCCCCCCCCC/C=C\CCCCCCCC)COC(OCC[N+](C)(C)C)C(=O)[O-]. The number of likely N-dealkylation sites (N-methyl/N-ethyl adjacent to an activating group) is 1. The third kappa shape index (κ3) is 63.4. The normalized spacial score (nSPS) is 13.4. The summed E-state index contributed by atoms with van der Waals surface area (Å²) in [7, 11) is 5.92. The second-order valence-electron chi connectivity index (χ2n) is 23.0. The molecule has 0 radical (unpaired) electrons. The van der Waals surface area contributed by atoms with E-state index in [0.717, 1.165) is 89.9 Å². The molecule has 0 aromatic heterocycles. The Bertz CT molecular complexity index is 1700. The fourth-order valence-electron chi connectivity index (χ4n) is 8.96. The van der Waals surface area contributed by atoms with E-state index in [1.807, 2.05) is 21.1 Å². The van der Waals surface area contributed by atoms with E-state index in [1.165, 1.54) is 148 Å². The zero-order valence-electron chi connectivity index (χ0n) is 52.9. The average Bonchev–Trinajstić information content (AvgIpc) is 3.44. The van der Waals surface area contributed by atoms with E-state index in [1.54, 1.807) is 0 Å². The first kappa shape index (κ1) is 77.0. The first-order valence-corrected chi connectivity index (χ1v) is 33.0. The number of unbranched alkanes of at least 4 members (excludes halogenated alkanes) is 27. The van der Waals surface area contributed by atoms with Gasteiger partial charge in [-0.1, -0.05) is 264 Å². The maximum atomic E-state index is 12.9. The molecule has 0 N–H and O–H groups in total. The van der Waals surface area contributed by atoms with Crippen molar-refractivity contribution in [2.45, 2.75) is 283 Å². The Labute approximate surface area is 498 Å². The van der Waals surface area contributed by atoms with Crippen LogP contribution in [0.15, 0.2) is 109 Å². The first-order valence-electron chi connectivity index (χ1n) is 33.0. The fourth-order valence-corrected chi connectivity index (χ4v) is 8.96. The maximum Gasteiger partial charge on any atom is 0.306 e. The van der Waals surface area contributed by atoms with Crippen molar-refractivity contribution in [1.29, 1.82) is 0 Å². The summed E-state index contributed by atoms with van der Waals surface area (Å²) in [5, 5.41) is 11.8. The van der Waals surface area contributed by atoms with Crippen LogP contribution in [0.5, 0.6) is 0 Å². The van der Waals surface area contributed by atoms with Crippen molar-refractivity contribution in [3.05, 3.63) is 109 Å². The number of nitrogens with zero attached hydrogens (tertiary/aromatic N) is 1. The Balaban J connectivity index is 4.14. The number of ether oxygens (including phenoxy) is 4. The van der Waals surface area contributed by atoms with E-state index in [-0.39, 0.29) is 38.6 Å². The lowest BCUT2D eigenvalue weighted by Crippen LogP contribution is -2.44. The van der Waals surface area contributed by atoms with Crippen molar-refractivity contribution in [3.63, 3.8) is 0 Å². The third-order valence-corrected chi connectivity index (χ3v) is 14.0. The van der Waals surface area contributed by atoms with E-state index >= 15 is 0 Å². The molecule has 0 aliphatic rings. The van der Waals surface area contributed by atoms with Crippen LogP contribution in [0, 0.1) is 0 Å². The van der Waals surface area contributed by atoms with Gasteiger partial charge in [0.05, 0.1) is 40.3 Å². The van der Waals surface area contributed by atoms with Crippen LogP contribution >= 0.6 is 0 Å². The van der Waals surface area contributed by atoms with Crippen molar-refractivity contribution in [2.75, 3.05) is 47.5 Å². The molecule has 9 heteroatoms. The van der Waals surface area contributed by atoms with Crippen molar-refractivity contribution >= 4 is 17.9 Å². The summed E-state index contributed by atoms with van der Waals surface area (Å²) < 4.78 is 22.8. The smallest absolute Gasteiger partial charge is 0.306 e. The fraction of sp³-hybridized carbons (Fsp3) is 0.708. The zero-order valence-corrected chi connectivity index (χ0v) is 52.9. The first-order chi connectivity index (χ1) is 39.6. The van der Waals surface area contributed by atoms with Gasteiger partial charge in [-0.3, -0.25) is 9.59 Å². The number of rotatable bonds is 60. The molecule has 0 aromatic rings. The van der Waals surface area contributed by atoms with E-state index in [9.17, 15) is 19.5 Å². The standard InChI is InChI=1S/C72H123NO8/c1-6-8-10-12-14-16-18-20-22-24-26-27-28-29-30-31-32-33-34-35-36-37-38-39-40-41-42-43-45-47-49-51-53-55-57-59-61-63-70(75)81-68(67-80-72(71(76)77)78-65-64-73(3,4)5)66-79-69(74)62-60-58-56-54-52-50-48-46-44-25-23-21-19-17-15-13-11-9-7-2/h8,10,14,16,20-23,26-27,29-30,32-33,35-36,38-39,68,72H,6-7,9,11-13,15,17-19,24-25,28,31,34,37,40-67H2,1-5H3/b10-8-,16-14-,22-20-,23-21-,27-26-,30-29-,33-32-,36-35-,39-38-. The monoisotopic (exact) mass is 1130 g/mol. The lowest BCUT2D eigenvalue weighted by atomic mass is 10.0. The van der Waals surface area contributed by atoms with Crippen LogP contribution in [0.3, 0.4) is 0 Å². The molecule has 0 saturated carbocycles. The highest BCUT2D eigenvalue weighted by Crippen LogP contribution is 2.16. The van der Waals surface area contributed by atoms with Gasteiger partial charge in [-0.05, 0) is 103 Å². The maximum absolute atomic E-state index is 12.9. The largest absolute Gasteiger partial charge is 0.545 e. The Hall–Kier alpha value is -4.05. The zero-order chi connectivity index (χ0) is 59.1. The lowest BCUT2D eigenvalue weighted by molar-refractivity contribution is -0.870. The van der Waals surface area contributed by atoms with Gasteiger partial charge in [-0.15, -0.1) is 0 Å². The van der Waals surface area contributed by atoms with Crippen molar-refractivity contribution in [2.24, 2.45) is 0 Å². The molecule has 9 nitrogen and oxygen atoms in total. The Kier molecular flexibility index (Phi) is 58.9. The molecule has 0 fully saturated rings. The number of allylic oxidation sites excluding steroid dienone is 18. The highest BCUT2D eigenvalue weighted by atomic mass is 16.7. The van der Waals surface area contributed by atoms with E-state index < -0.39 is 24.3 Å². The van der Waals surface area contributed by atoms with E-state index in [2.05, 4.69) is 123 Å². The molecule has 0 bridgehead atoms. The minimum atomic E-state index is -1.63. The van der Waals surface area contributed by atoms with Crippen LogP contribution in [-0.4, -0.2) is 82.3 Å². The van der Waals surface area contributed by atoms with Crippen LogP contribution in [0.1, 0.15) is 271 Å². The minimum Gasteiger partial charge on any atom is -0.545 e. The summed E-state index contributed by atoms with van der Waals surface area (Å²) in [4.78, 5) is 37.4. The molecule has 0 spiro atoms. The summed E-state index contributed by atoms with van der Waals surface area (Å²) in [5.41, 5.74) is 0. The minimum absolute atomic E-state index is 0.144. The van der Waals surface area contributed by atoms with Gasteiger partial charge in [-0.25, -0.2) is 0 Å². The van der Waals surface area contributed by atoms with Crippen molar-refractivity contribution in [3.8, 4) is 0 Å². The van der Waals surface area contributed by atoms with Crippen LogP contribution in [0.2, 0.25) is 0 Å². The quantitative estimate of drug-likeness (QED) is 0.0195. The van der Waals surface area contributed by atoms with Gasteiger partial charge in [-0.2, -0.15) is 0 Å². The molecular formula is C72H123NO8. The topological polar surface area (TPSA) is 111 Å². The van der Waals surface area contributed by atoms with Gasteiger partial charge in [0, 0.05) is 12.8 Å². The summed E-state index contributed by atoms with van der Waals surface area (Å²) in [5.74, 6) is -2.29. The molecule has 2 atom stereocenters. The molecule has 81 heavy (non-hydrogen) atoms. The van der Waals surface area contributed by atoms with Gasteiger partial charge in [0.1, 0.15) is 13.2 Å². The number of quaternary nitrogens is 1. The Morgan fingerprint density at radius 3 is 1.06 bits per heavy atom. The summed E-state index contributed by atoms with van der Waals surface area (Å²) in [6.45, 7) is 4.64. The molecule has 464 valence electrons. The molecule has 0 amide bonds. The second-order valence-corrected chi connectivity index (χ2v) is 23.0. The number of carboxylic acid groups (broad SMARTS) is 1. The summed E-state index contributed by atoms with van der Waals surface area (Å²) in [6, 6.07) is 0. The van der Waals surface area contributed by atoms with Gasteiger partial charge < -0.3 is 33.3 Å². The molecular weight excluding hydrogens is 1010 g/mol. The molecule has 0 aliphatic carbocycles. The van der Waals surface area contributed by atoms with Gasteiger partial charge >= 0.3 is 11.9 Å². The van der Waals surface area contributed by atoms with Crippen molar-refractivity contribution < 1.29 is 42.9 Å². The van der Waals surface area contributed by atoms with E-state index in [0.29, 0.717) is 17.4 Å². The number of hydrogen-bond acceptors (Lipinski definition) is 8. The molecule has 0 aromatic carbocycles. The van der Waals surface area contributed by atoms with Crippen LogP contribution in [-0.2, 0) is 33.3 Å². The number of carbonyl (C=O) groups excluding carboxylic acids is 3. The summed E-state index contributed by atoms with van der Waals surface area (Å²) in [6.07, 6.45) is 82.9. The highest BCUT2D eigenvalue weighted by molar-refractivity contribution is 5.70. The van der Waals surface area contributed by atoms with Gasteiger partial charge in [0.25, 0.3) is 0 Å². The predicted molar refractivity (Wildman–Crippen MR) is 343 cm³/mol. The Morgan fingerprint density at radius 2 is 0.704 bits per heavy atom. The van der Waals surface area contributed by atoms with Crippen LogP contribution < -0.4 is 5.11 Å². The third-order valence-electron chi connectivity index (χ3n) is 14.0. The predicted octanol–water partition coefficient (Wildman–Crippen LogP) is 18.9. The summed E-state index contributed by atoms with van der Waals surface area (Å²) >= 11 is 0. The van der Waals surface area contributed by atoms with Crippen LogP contribution in [0.4, 0.5) is 0 Å². The number of carbonyl (C=O) groups is 3. The molecule has 0 rings (SSSR count). The number of aliphatic carboxylic acids is 1. The van der Waals surface area contributed by atoms with Crippen LogP contribution in [0.25, 0.3) is 0 Å². The number of esters is 2. The molecule has 2 unspecified atom stereocenters. The van der Waals surface area contributed by atoms with Crippen molar-refractivity contribution in [1.82, 2.24) is 0 Å². The molecule has 0 aliphatic heterocycles. The average molecular weight is 1130 g/mol. The van der Waals surface area contributed by atoms with Gasteiger partial charge in [0.2, 0.25) is 0 Å². The number of carboxylic acids is 1. The van der Waals surface area contributed by atoms with Gasteiger partial charge in [0.15, 0.2) is 12.4 Å². The second kappa shape index (κ2) is 62.0. The lowest BCUT2D eigenvalue weighted by Gasteiger charge is -2.26. The number of hydrogen-bond donors (Lipinski definition) is 0. The van der Waals surface area contributed by atoms with E-state index in [4.69, 9.17) is 18.9 Å². The Morgan fingerprint density at radius 1 is 0.383 bits per heavy atom. The molecule has 0 heterocycles. The highest BCUT2D eigenvalue weighted by Gasteiger charge is 2.22.